The monoisotopic (exact) mass is 587 g/mol. The summed E-state index contributed by atoms with van der Waals surface area (Å²) >= 11 is 3.14. The molecule has 194 valence electrons. The molecule has 1 amide bonds. The highest BCUT2D eigenvalue weighted by Gasteiger charge is 2.45. The largest absolute Gasteiger partial charge is 0.361 e. The maximum Gasteiger partial charge on any atom is 0.280 e. The first-order valence-electron chi connectivity index (χ1n) is 12.0. The number of carbonyl (C=O) groups is 1. The van der Waals surface area contributed by atoms with Gasteiger partial charge in [-0.2, -0.15) is 5.10 Å². The van der Waals surface area contributed by atoms with E-state index in [1.165, 1.54) is 17.0 Å². The molecular formula is C26H28BrF2N5O2Si. The molecule has 1 unspecified atom stereocenters. The first kappa shape index (κ1) is 25.7. The van der Waals surface area contributed by atoms with Gasteiger partial charge in [0.05, 0.1) is 29.0 Å². The van der Waals surface area contributed by atoms with Crippen LogP contribution in [-0.4, -0.2) is 39.9 Å². The molecule has 0 fully saturated rings. The first-order chi connectivity index (χ1) is 17.5. The molecule has 0 N–H and O–H groups in total. The van der Waals surface area contributed by atoms with Gasteiger partial charge in [0.1, 0.15) is 18.4 Å². The maximum atomic E-state index is 15.2. The highest BCUT2D eigenvalue weighted by molar-refractivity contribution is 9.10. The summed E-state index contributed by atoms with van der Waals surface area (Å²) in [7, 11) is 0.523. The molecule has 11 heteroatoms. The maximum absolute atomic E-state index is 15.2. The van der Waals surface area contributed by atoms with Crippen LogP contribution in [0.5, 0.6) is 0 Å². The van der Waals surface area contributed by atoms with Crippen molar-refractivity contribution in [2.24, 2.45) is 7.05 Å². The molecule has 3 heterocycles. The van der Waals surface area contributed by atoms with Crippen LogP contribution in [0.2, 0.25) is 25.7 Å². The van der Waals surface area contributed by atoms with E-state index in [-0.39, 0.29) is 15.7 Å². The predicted molar refractivity (Wildman–Crippen MR) is 144 cm³/mol. The number of amides is 1. The van der Waals surface area contributed by atoms with Crippen LogP contribution in [-0.2, 0) is 18.5 Å². The number of imidazole rings is 1. The molecule has 0 bridgehead atoms. The number of halogens is 3. The van der Waals surface area contributed by atoms with Crippen molar-refractivity contribution in [3.8, 4) is 0 Å². The van der Waals surface area contributed by atoms with E-state index in [0.717, 1.165) is 11.6 Å². The molecule has 5 rings (SSSR count). The van der Waals surface area contributed by atoms with Crippen molar-refractivity contribution in [3.05, 3.63) is 75.3 Å². The zero-order valence-electron chi connectivity index (χ0n) is 21.3. The second-order valence-electron chi connectivity index (χ2n) is 10.6. The highest BCUT2D eigenvalue weighted by atomic mass is 79.9. The molecule has 0 saturated carbocycles. The Morgan fingerprint density at radius 3 is 2.49 bits per heavy atom. The number of hydrogen-bond donors (Lipinski definition) is 0. The van der Waals surface area contributed by atoms with Crippen molar-refractivity contribution >= 4 is 46.6 Å². The molecule has 1 atom stereocenters. The average Bonchev–Trinajstić information content (AvgIpc) is 3.43. The van der Waals surface area contributed by atoms with Crippen molar-refractivity contribution in [1.82, 2.24) is 19.3 Å². The third kappa shape index (κ3) is 4.64. The third-order valence-corrected chi connectivity index (χ3v) is 8.92. The lowest BCUT2D eigenvalue weighted by atomic mass is 9.97. The summed E-state index contributed by atoms with van der Waals surface area (Å²) in [6, 6.07) is 7.85. The van der Waals surface area contributed by atoms with Gasteiger partial charge in [0.15, 0.2) is 5.69 Å². The number of hydrogen-bond acceptors (Lipinski definition) is 4. The zero-order chi connectivity index (χ0) is 26.6. The second kappa shape index (κ2) is 9.45. The van der Waals surface area contributed by atoms with E-state index in [1.54, 1.807) is 37.1 Å². The van der Waals surface area contributed by atoms with Crippen molar-refractivity contribution < 1.29 is 18.3 Å². The smallest absolute Gasteiger partial charge is 0.280 e. The molecule has 37 heavy (non-hydrogen) atoms. The van der Waals surface area contributed by atoms with Gasteiger partial charge >= 0.3 is 0 Å². The average molecular weight is 589 g/mol. The van der Waals surface area contributed by atoms with Crippen molar-refractivity contribution in [2.75, 3.05) is 11.5 Å². The van der Waals surface area contributed by atoms with Gasteiger partial charge in [-0.25, -0.2) is 13.8 Å². The van der Waals surface area contributed by atoms with Crippen LogP contribution in [0, 0.1) is 18.6 Å². The lowest BCUT2D eigenvalue weighted by Gasteiger charge is -2.27. The third-order valence-electron chi connectivity index (χ3n) is 6.76. The van der Waals surface area contributed by atoms with E-state index in [0.29, 0.717) is 35.8 Å². The summed E-state index contributed by atoms with van der Waals surface area (Å²) < 4.78 is 40.1. The Bertz CT molecular complexity index is 1500. The molecule has 2 aromatic heterocycles. The summed E-state index contributed by atoms with van der Waals surface area (Å²) in [5.74, 6) is -1.91. The Morgan fingerprint density at radius 2 is 1.81 bits per heavy atom. The minimum atomic E-state index is -1.19. The molecule has 0 radical (unpaired) electrons. The summed E-state index contributed by atoms with van der Waals surface area (Å²) in [5.41, 5.74) is 3.12. The van der Waals surface area contributed by atoms with Gasteiger partial charge in [0.2, 0.25) is 0 Å². The van der Waals surface area contributed by atoms with Gasteiger partial charge in [-0.05, 0) is 43.3 Å². The summed E-state index contributed by atoms with van der Waals surface area (Å²) in [6.07, 6.45) is 1.70. The number of aryl methyl sites for hydroxylation is 1. The SMILES string of the molecule is Cc1c2c(nn1C)C(=O)N(c1ccc3c(c1)ncn3COCC[Si](C)(C)C)C2c1c(F)cc(Br)cc1F. The number of ether oxygens (including phenoxy) is 1. The van der Waals surface area contributed by atoms with Crippen molar-refractivity contribution in [1.29, 1.82) is 0 Å². The first-order valence-corrected chi connectivity index (χ1v) is 16.5. The van der Waals surface area contributed by atoms with Gasteiger partial charge in [-0.1, -0.05) is 35.6 Å². The normalized spacial score (nSPS) is 15.7. The van der Waals surface area contributed by atoms with Crippen molar-refractivity contribution in [2.45, 2.75) is 45.4 Å². The number of carbonyl (C=O) groups excluding carboxylic acids is 1. The summed E-state index contributed by atoms with van der Waals surface area (Å²) in [5, 5.41) is 4.36. The van der Waals surface area contributed by atoms with E-state index in [9.17, 15) is 4.79 Å². The van der Waals surface area contributed by atoms with E-state index >= 15 is 8.78 Å². The molecule has 0 saturated heterocycles. The fourth-order valence-electron chi connectivity index (χ4n) is 4.67. The highest BCUT2D eigenvalue weighted by Crippen LogP contribution is 2.45. The molecule has 7 nitrogen and oxygen atoms in total. The van der Waals surface area contributed by atoms with Crippen LogP contribution < -0.4 is 4.90 Å². The van der Waals surface area contributed by atoms with Crippen LogP contribution in [0.4, 0.5) is 14.5 Å². The van der Waals surface area contributed by atoms with Crippen LogP contribution in [0.15, 0.2) is 41.1 Å². The molecule has 0 spiro atoms. The minimum Gasteiger partial charge on any atom is -0.361 e. The molecule has 1 aliphatic heterocycles. The zero-order valence-corrected chi connectivity index (χ0v) is 23.9. The Hall–Kier alpha value is -2.89. The Morgan fingerprint density at radius 1 is 1.11 bits per heavy atom. The summed E-state index contributed by atoms with van der Waals surface area (Å²) in [4.78, 5) is 19.5. The van der Waals surface area contributed by atoms with E-state index in [2.05, 4.69) is 45.7 Å². The van der Waals surface area contributed by atoms with Gasteiger partial charge in [-0.15, -0.1) is 0 Å². The fraction of sp³-hybridized carbons (Fsp3) is 0.346. The second-order valence-corrected chi connectivity index (χ2v) is 17.1. The van der Waals surface area contributed by atoms with E-state index < -0.39 is 31.7 Å². The fourth-order valence-corrected chi connectivity index (χ4v) is 5.83. The standard InChI is InChI=1S/C26H28BrF2N5O2Si/c1-15-22-24(31-32(15)2)26(35)34(25(22)23-18(28)10-16(27)11-19(23)29)17-6-7-21-20(12-17)30-13-33(21)14-36-8-9-37(3,4)5/h6-7,10-13,25H,8-9,14H2,1-5H3. The minimum absolute atomic E-state index is 0.188. The Labute approximate surface area is 223 Å². The Kier molecular flexibility index (Phi) is 6.57. The number of benzene rings is 2. The van der Waals surface area contributed by atoms with Gasteiger partial charge in [0, 0.05) is 43.1 Å². The van der Waals surface area contributed by atoms with Crippen LogP contribution in [0.3, 0.4) is 0 Å². The number of fused-ring (bicyclic) bond motifs is 2. The van der Waals surface area contributed by atoms with E-state index in [1.807, 2.05) is 10.6 Å². The van der Waals surface area contributed by atoms with Crippen LogP contribution >= 0.6 is 15.9 Å². The van der Waals surface area contributed by atoms with E-state index in [4.69, 9.17) is 4.74 Å². The topological polar surface area (TPSA) is 65.2 Å². The van der Waals surface area contributed by atoms with Gasteiger partial charge in [0.25, 0.3) is 5.91 Å². The molecule has 4 aromatic rings. The van der Waals surface area contributed by atoms with Crippen molar-refractivity contribution in [3.63, 3.8) is 0 Å². The number of rotatable bonds is 7. The molecule has 2 aromatic carbocycles. The molecule has 1 aliphatic rings. The Balaban J connectivity index is 1.53. The van der Waals surface area contributed by atoms with Gasteiger partial charge < -0.3 is 9.30 Å². The lowest BCUT2D eigenvalue weighted by molar-refractivity contribution is 0.0898. The van der Waals surface area contributed by atoms with Crippen LogP contribution in [0.25, 0.3) is 11.0 Å². The number of anilines is 1. The van der Waals surface area contributed by atoms with Crippen LogP contribution in [0.1, 0.15) is 33.4 Å². The van der Waals surface area contributed by atoms with Gasteiger partial charge in [-0.3, -0.25) is 14.4 Å². The summed E-state index contributed by atoms with van der Waals surface area (Å²) in [6.45, 7) is 9.76. The predicted octanol–water partition coefficient (Wildman–Crippen LogP) is 6.18. The number of aromatic nitrogens is 4. The quantitative estimate of drug-likeness (QED) is 0.191. The molecule has 0 aliphatic carbocycles. The number of nitrogens with zero attached hydrogens (tertiary/aromatic N) is 5. The lowest BCUT2D eigenvalue weighted by Crippen LogP contribution is -2.31. The molecular weight excluding hydrogens is 560 g/mol.